The second-order valence-corrected chi connectivity index (χ2v) is 2.60. The summed E-state index contributed by atoms with van der Waals surface area (Å²) in [6.07, 6.45) is 3.24. The van der Waals surface area contributed by atoms with Gasteiger partial charge in [0.15, 0.2) is 0 Å². The molecule has 0 fully saturated rings. The molecule has 1 aromatic rings. The average molecular weight is 163 g/mol. The minimum absolute atomic E-state index is 0.0527. The molecular weight excluding hydrogens is 154 g/mol. The largest absolute Gasteiger partial charge is 0.383 e. The zero-order valence-corrected chi connectivity index (χ0v) is 6.50. The van der Waals surface area contributed by atoms with Gasteiger partial charge in [0.05, 0.1) is 11.3 Å². The van der Waals surface area contributed by atoms with Gasteiger partial charge < -0.3 is 10.6 Å². The van der Waals surface area contributed by atoms with Gasteiger partial charge in [-0.25, -0.2) is 0 Å². The highest BCUT2D eigenvalue weighted by molar-refractivity contribution is 5.99. The number of carbonyl (C=O) groups is 1. The van der Waals surface area contributed by atoms with E-state index in [-0.39, 0.29) is 5.91 Å². The lowest BCUT2D eigenvalue weighted by molar-refractivity contribution is 0.0957. The number of anilines is 1. The predicted molar refractivity (Wildman–Crippen MR) is 45.1 cm³/mol. The molecule has 2 rings (SSSR count). The molecule has 0 spiro atoms. The number of pyridine rings is 1. The Balaban J connectivity index is 2.46. The van der Waals surface area contributed by atoms with Gasteiger partial charge in [-0.15, -0.1) is 0 Å². The Bertz CT molecular complexity index is 311. The number of nitrogens with one attached hydrogen (secondary N) is 2. The first kappa shape index (κ1) is 7.09. The van der Waals surface area contributed by atoms with E-state index in [4.69, 9.17) is 0 Å². The summed E-state index contributed by atoms with van der Waals surface area (Å²) in [5.41, 5.74) is 1.48. The Morgan fingerprint density at radius 2 is 2.17 bits per heavy atom. The molecule has 0 aromatic carbocycles. The third kappa shape index (κ3) is 1.11. The standard InChI is InChI=1S/C8H9N3O/c12-8-6-5-9-2-1-7(6)10-3-4-11-8/h1-2,5,10H,3-4H2,(H,11,12). The fourth-order valence-electron chi connectivity index (χ4n) is 1.20. The van der Waals surface area contributed by atoms with Crippen molar-refractivity contribution in [2.45, 2.75) is 0 Å². The van der Waals surface area contributed by atoms with Crippen LogP contribution >= 0.6 is 0 Å². The number of fused-ring (bicyclic) bond motifs is 1. The summed E-state index contributed by atoms with van der Waals surface area (Å²) < 4.78 is 0. The van der Waals surface area contributed by atoms with E-state index in [9.17, 15) is 4.79 Å². The normalized spacial score (nSPS) is 15.5. The monoisotopic (exact) mass is 163 g/mol. The molecule has 0 saturated heterocycles. The first-order chi connectivity index (χ1) is 5.88. The molecule has 62 valence electrons. The summed E-state index contributed by atoms with van der Waals surface area (Å²) in [7, 11) is 0. The molecular formula is C8H9N3O. The van der Waals surface area contributed by atoms with Crippen molar-refractivity contribution in [3.05, 3.63) is 24.0 Å². The minimum Gasteiger partial charge on any atom is -0.383 e. The maximum atomic E-state index is 11.3. The van der Waals surface area contributed by atoms with E-state index in [1.54, 1.807) is 18.5 Å². The van der Waals surface area contributed by atoms with Crippen molar-refractivity contribution in [3.63, 3.8) is 0 Å². The van der Waals surface area contributed by atoms with E-state index < -0.39 is 0 Å². The number of rotatable bonds is 0. The van der Waals surface area contributed by atoms with Crippen molar-refractivity contribution >= 4 is 11.6 Å². The number of amides is 1. The number of aromatic nitrogens is 1. The van der Waals surface area contributed by atoms with Crippen molar-refractivity contribution < 1.29 is 4.79 Å². The Hall–Kier alpha value is -1.58. The van der Waals surface area contributed by atoms with Crippen LogP contribution in [-0.2, 0) is 0 Å². The van der Waals surface area contributed by atoms with E-state index in [0.717, 1.165) is 12.2 Å². The highest BCUT2D eigenvalue weighted by Gasteiger charge is 2.13. The summed E-state index contributed by atoms with van der Waals surface area (Å²) in [5, 5.41) is 5.89. The predicted octanol–water partition coefficient (Wildman–Crippen LogP) is 0.237. The van der Waals surface area contributed by atoms with E-state index in [1.807, 2.05) is 0 Å². The maximum absolute atomic E-state index is 11.3. The van der Waals surface area contributed by atoms with E-state index in [1.165, 1.54) is 0 Å². The van der Waals surface area contributed by atoms with Crippen molar-refractivity contribution in [3.8, 4) is 0 Å². The van der Waals surface area contributed by atoms with Gasteiger partial charge in [-0.1, -0.05) is 0 Å². The van der Waals surface area contributed by atoms with Crippen LogP contribution in [0.1, 0.15) is 10.4 Å². The van der Waals surface area contributed by atoms with Crippen LogP contribution in [0.4, 0.5) is 5.69 Å². The molecule has 0 radical (unpaired) electrons. The van der Waals surface area contributed by atoms with Gasteiger partial charge in [0, 0.05) is 25.5 Å². The number of nitrogens with zero attached hydrogens (tertiary/aromatic N) is 1. The molecule has 12 heavy (non-hydrogen) atoms. The molecule has 0 unspecified atom stereocenters. The highest BCUT2D eigenvalue weighted by atomic mass is 16.1. The fourth-order valence-corrected chi connectivity index (χ4v) is 1.20. The van der Waals surface area contributed by atoms with Gasteiger partial charge in [0.25, 0.3) is 5.91 Å². The molecule has 4 heteroatoms. The second kappa shape index (κ2) is 2.81. The van der Waals surface area contributed by atoms with Crippen LogP contribution in [0.5, 0.6) is 0 Å². The molecule has 2 heterocycles. The first-order valence-corrected chi connectivity index (χ1v) is 3.84. The number of hydrogen-bond acceptors (Lipinski definition) is 3. The van der Waals surface area contributed by atoms with Gasteiger partial charge in [0.1, 0.15) is 0 Å². The molecule has 4 nitrogen and oxygen atoms in total. The molecule has 1 aromatic heterocycles. The van der Waals surface area contributed by atoms with Gasteiger partial charge in [-0.05, 0) is 6.07 Å². The van der Waals surface area contributed by atoms with Gasteiger partial charge in [-0.3, -0.25) is 9.78 Å². The molecule has 1 aliphatic heterocycles. The zero-order chi connectivity index (χ0) is 8.39. The Kier molecular flexibility index (Phi) is 1.66. The first-order valence-electron chi connectivity index (χ1n) is 3.84. The highest BCUT2D eigenvalue weighted by Crippen LogP contribution is 2.13. The lowest BCUT2D eigenvalue weighted by Gasteiger charge is -2.02. The van der Waals surface area contributed by atoms with Crippen molar-refractivity contribution in [2.24, 2.45) is 0 Å². The third-order valence-corrected chi connectivity index (χ3v) is 1.79. The van der Waals surface area contributed by atoms with E-state index in [2.05, 4.69) is 15.6 Å². The van der Waals surface area contributed by atoms with Crippen LogP contribution in [-0.4, -0.2) is 24.0 Å². The number of hydrogen-bond donors (Lipinski definition) is 2. The topological polar surface area (TPSA) is 54.0 Å². The van der Waals surface area contributed by atoms with Crippen LogP contribution in [0.2, 0.25) is 0 Å². The van der Waals surface area contributed by atoms with Crippen LogP contribution in [0.25, 0.3) is 0 Å². The summed E-state index contributed by atoms with van der Waals surface area (Å²) in [6.45, 7) is 1.43. The lowest BCUT2D eigenvalue weighted by atomic mass is 10.2. The van der Waals surface area contributed by atoms with Crippen molar-refractivity contribution in [2.75, 3.05) is 18.4 Å². The van der Waals surface area contributed by atoms with Crippen LogP contribution < -0.4 is 10.6 Å². The number of carbonyl (C=O) groups excluding carboxylic acids is 1. The van der Waals surface area contributed by atoms with Gasteiger partial charge in [0.2, 0.25) is 0 Å². The van der Waals surface area contributed by atoms with Crippen LogP contribution in [0.3, 0.4) is 0 Å². The van der Waals surface area contributed by atoms with E-state index >= 15 is 0 Å². The molecule has 0 atom stereocenters. The molecule has 1 aliphatic rings. The average Bonchev–Trinajstić information content (AvgIpc) is 2.29. The second-order valence-electron chi connectivity index (χ2n) is 2.60. The van der Waals surface area contributed by atoms with E-state index in [0.29, 0.717) is 12.1 Å². The minimum atomic E-state index is -0.0527. The smallest absolute Gasteiger partial charge is 0.255 e. The third-order valence-electron chi connectivity index (χ3n) is 1.79. The van der Waals surface area contributed by atoms with Crippen LogP contribution in [0.15, 0.2) is 18.5 Å². The molecule has 0 aliphatic carbocycles. The zero-order valence-electron chi connectivity index (χ0n) is 6.50. The lowest BCUT2D eigenvalue weighted by Crippen LogP contribution is -2.24. The molecule has 0 bridgehead atoms. The molecule has 2 N–H and O–H groups in total. The van der Waals surface area contributed by atoms with Crippen molar-refractivity contribution in [1.82, 2.24) is 10.3 Å². The molecule has 1 amide bonds. The molecule has 0 saturated carbocycles. The Morgan fingerprint density at radius 1 is 1.33 bits per heavy atom. The SMILES string of the molecule is O=C1NCCNc2ccncc21. The summed E-state index contributed by atoms with van der Waals surface area (Å²) >= 11 is 0. The summed E-state index contributed by atoms with van der Waals surface area (Å²) in [5.74, 6) is -0.0527. The quantitative estimate of drug-likeness (QED) is 0.576. The van der Waals surface area contributed by atoms with Crippen molar-refractivity contribution in [1.29, 1.82) is 0 Å². The fraction of sp³-hybridized carbons (Fsp3) is 0.250. The van der Waals surface area contributed by atoms with Crippen LogP contribution in [0, 0.1) is 0 Å². The van der Waals surface area contributed by atoms with Gasteiger partial charge in [-0.2, -0.15) is 0 Å². The van der Waals surface area contributed by atoms with Gasteiger partial charge >= 0.3 is 0 Å². The Labute approximate surface area is 70.0 Å². The Morgan fingerprint density at radius 3 is 3.08 bits per heavy atom. The summed E-state index contributed by atoms with van der Waals surface area (Å²) in [6, 6.07) is 1.81. The maximum Gasteiger partial charge on any atom is 0.255 e. The summed E-state index contributed by atoms with van der Waals surface area (Å²) in [4.78, 5) is 15.2.